The van der Waals surface area contributed by atoms with Crippen molar-refractivity contribution in [1.82, 2.24) is 4.90 Å². The quantitative estimate of drug-likeness (QED) is 0.872. The third-order valence-electron chi connectivity index (χ3n) is 4.52. The summed E-state index contributed by atoms with van der Waals surface area (Å²) in [4.78, 5) is 19.4. The Morgan fingerprint density at radius 3 is 2.68 bits per heavy atom. The molecule has 0 unspecified atom stereocenters. The lowest BCUT2D eigenvalue weighted by atomic mass is 9.98. The minimum absolute atomic E-state index is 0.0877. The molecule has 130 valence electrons. The number of likely N-dealkylation sites (tertiary alicyclic amines) is 1. The average molecular weight is 338 g/mol. The Labute approximate surface area is 147 Å². The molecule has 2 aromatic rings. The van der Waals surface area contributed by atoms with Crippen LogP contribution in [0.3, 0.4) is 0 Å². The first kappa shape index (κ1) is 17.2. The molecule has 25 heavy (non-hydrogen) atoms. The summed E-state index contributed by atoms with van der Waals surface area (Å²) in [7, 11) is 1.48. The maximum atomic E-state index is 12.9. The Hall–Kier alpha value is -2.66. The molecule has 1 atom stereocenters. The van der Waals surface area contributed by atoms with Crippen LogP contribution >= 0.6 is 0 Å². The van der Waals surface area contributed by atoms with Crippen LogP contribution in [0.2, 0.25) is 0 Å². The number of hydrogen-bond donors (Lipinski definition) is 1. The summed E-state index contributed by atoms with van der Waals surface area (Å²) < 4.78 is 0. The van der Waals surface area contributed by atoms with Crippen LogP contribution in [0, 0.1) is 6.92 Å². The number of aryl methyl sites for hydroxylation is 1. The van der Waals surface area contributed by atoms with E-state index >= 15 is 0 Å². The van der Waals surface area contributed by atoms with Gasteiger partial charge in [-0.3, -0.25) is 4.79 Å². The van der Waals surface area contributed by atoms with Gasteiger partial charge in [0.1, 0.15) is 7.11 Å². The molecule has 0 bridgehead atoms. The summed E-state index contributed by atoms with van der Waals surface area (Å²) in [6.07, 6.45) is 0.539. The summed E-state index contributed by atoms with van der Waals surface area (Å²) in [5.74, 6) is -0.0944. The SMILES string of the molecule is CO/N=C1\C[C@@H](CO)N(C(=O)c2ccc(-c3ccccc3)c(C)c2)C1. The number of carbonyl (C=O) groups excluding carboxylic acids is 1. The Bertz CT molecular complexity index is 787. The van der Waals surface area contributed by atoms with Crippen LogP contribution < -0.4 is 0 Å². The van der Waals surface area contributed by atoms with Gasteiger partial charge >= 0.3 is 0 Å². The van der Waals surface area contributed by atoms with Gasteiger partial charge in [-0.15, -0.1) is 0 Å². The van der Waals surface area contributed by atoms with E-state index in [1.807, 2.05) is 43.3 Å². The molecule has 1 saturated heterocycles. The predicted molar refractivity (Wildman–Crippen MR) is 97.6 cm³/mol. The molecule has 1 fully saturated rings. The lowest BCUT2D eigenvalue weighted by Gasteiger charge is -2.22. The van der Waals surface area contributed by atoms with Gasteiger partial charge in [-0.2, -0.15) is 0 Å². The highest BCUT2D eigenvalue weighted by molar-refractivity contribution is 6.01. The average Bonchev–Trinajstić information content (AvgIpc) is 3.05. The van der Waals surface area contributed by atoms with Crippen LogP contribution in [-0.4, -0.2) is 47.9 Å². The Morgan fingerprint density at radius 2 is 2.04 bits per heavy atom. The molecule has 1 amide bonds. The van der Waals surface area contributed by atoms with E-state index in [-0.39, 0.29) is 18.6 Å². The second-order valence-electron chi connectivity index (χ2n) is 6.21. The third-order valence-corrected chi connectivity index (χ3v) is 4.52. The fraction of sp³-hybridized carbons (Fsp3) is 0.300. The number of carbonyl (C=O) groups is 1. The zero-order valence-corrected chi connectivity index (χ0v) is 14.5. The van der Waals surface area contributed by atoms with Gasteiger partial charge in [0.25, 0.3) is 5.91 Å². The Balaban J connectivity index is 1.85. The molecule has 0 aliphatic carbocycles. The Kier molecular flexibility index (Phi) is 5.14. The predicted octanol–water partition coefficient (Wildman–Crippen LogP) is 2.87. The second kappa shape index (κ2) is 7.49. The minimum atomic E-state index is -0.254. The standard InChI is InChI=1S/C20H22N2O3/c1-14-10-16(8-9-19(14)15-6-4-3-5-7-15)20(24)22-12-17(21-25-2)11-18(22)13-23/h3-10,18,23H,11-13H2,1-2H3/b21-17+/t18-/m0/s1. The highest BCUT2D eigenvalue weighted by Crippen LogP contribution is 2.26. The smallest absolute Gasteiger partial charge is 0.254 e. The molecule has 1 heterocycles. The molecule has 1 aliphatic rings. The first-order chi connectivity index (χ1) is 12.1. The maximum absolute atomic E-state index is 12.9. The summed E-state index contributed by atoms with van der Waals surface area (Å²) in [6.45, 7) is 2.30. The number of aliphatic hydroxyl groups excluding tert-OH is 1. The zero-order valence-electron chi connectivity index (χ0n) is 14.5. The minimum Gasteiger partial charge on any atom is -0.399 e. The fourth-order valence-electron chi connectivity index (χ4n) is 3.27. The highest BCUT2D eigenvalue weighted by atomic mass is 16.6. The van der Waals surface area contributed by atoms with Crippen molar-refractivity contribution in [1.29, 1.82) is 0 Å². The van der Waals surface area contributed by atoms with Gasteiger partial charge in [-0.1, -0.05) is 41.6 Å². The van der Waals surface area contributed by atoms with Crippen LogP contribution in [-0.2, 0) is 4.84 Å². The van der Waals surface area contributed by atoms with E-state index in [0.29, 0.717) is 18.5 Å². The van der Waals surface area contributed by atoms with Gasteiger partial charge in [0.15, 0.2) is 0 Å². The highest BCUT2D eigenvalue weighted by Gasteiger charge is 2.33. The number of amides is 1. The molecule has 5 heteroatoms. The lowest BCUT2D eigenvalue weighted by molar-refractivity contribution is 0.0680. The molecule has 3 rings (SSSR count). The van der Waals surface area contributed by atoms with Crippen LogP contribution in [0.5, 0.6) is 0 Å². The van der Waals surface area contributed by atoms with E-state index in [9.17, 15) is 9.90 Å². The topological polar surface area (TPSA) is 62.1 Å². The summed E-state index contributed by atoms with van der Waals surface area (Å²) in [6, 6.07) is 15.6. The van der Waals surface area contributed by atoms with E-state index in [0.717, 1.165) is 22.4 Å². The van der Waals surface area contributed by atoms with Gasteiger partial charge < -0.3 is 14.8 Å². The summed E-state index contributed by atoms with van der Waals surface area (Å²) in [5, 5.41) is 13.5. The van der Waals surface area contributed by atoms with Crippen molar-refractivity contribution >= 4 is 11.6 Å². The van der Waals surface area contributed by atoms with Crippen molar-refractivity contribution in [3.05, 3.63) is 59.7 Å². The number of nitrogens with zero attached hydrogens (tertiary/aromatic N) is 2. The number of aliphatic hydroxyl groups is 1. The third kappa shape index (κ3) is 3.56. The number of benzene rings is 2. The molecule has 0 radical (unpaired) electrons. The van der Waals surface area contributed by atoms with Crippen LogP contribution in [0.15, 0.2) is 53.7 Å². The van der Waals surface area contributed by atoms with E-state index in [1.54, 1.807) is 4.90 Å². The number of hydrogen-bond acceptors (Lipinski definition) is 4. The largest absolute Gasteiger partial charge is 0.399 e. The van der Waals surface area contributed by atoms with E-state index in [2.05, 4.69) is 17.3 Å². The van der Waals surface area contributed by atoms with E-state index in [1.165, 1.54) is 7.11 Å². The van der Waals surface area contributed by atoms with Gasteiger partial charge in [0, 0.05) is 12.0 Å². The molecule has 1 aliphatic heterocycles. The number of rotatable bonds is 4. The van der Waals surface area contributed by atoms with Crippen molar-refractivity contribution in [2.24, 2.45) is 5.16 Å². The molecule has 5 nitrogen and oxygen atoms in total. The molecule has 0 aromatic heterocycles. The maximum Gasteiger partial charge on any atom is 0.254 e. The van der Waals surface area contributed by atoms with Crippen LogP contribution in [0.1, 0.15) is 22.3 Å². The molecule has 0 saturated carbocycles. The first-order valence-electron chi connectivity index (χ1n) is 8.31. The van der Waals surface area contributed by atoms with Gasteiger partial charge in [-0.25, -0.2) is 0 Å². The lowest BCUT2D eigenvalue weighted by Crippen LogP contribution is -2.37. The van der Waals surface area contributed by atoms with Gasteiger partial charge in [-0.05, 0) is 35.7 Å². The van der Waals surface area contributed by atoms with Crippen molar-refractivity contribution in [3.8, 4) is 11.1 Å². The molecular weight excluding hydrogens is 316 g/mol. The van der Waals surface area contributed by atoms with Gasteiger partial charge in [0.2, 0.25) is 0 Å². The zero-order chi connectivity index (χ0) is 17.8. The number of oxime groups is 1. The molecule has 2 aromatic carbocycles. The Morgan fingerprint density at radius 1 is 1.28 bits per heavy atom. The molecule has 1 N–H and O–H groups in total. The second-order valence-corrected chi connectivity index (χ2v) is 6.21. The summed E-state index contributed by atoms with van der Waals surface area (Å²) in [5.41, 5.74) is 4.67. The van der Waals surface area contributed by atoms with Gasteiger partial charge in [0.05, 0.1) is 24.9 Å². The monoisotopic (exact) mass is 338 g/mol. The van der Waals surface area contributed by atoms with Crippen molar-refractivity contribution < 1.29 is 14.7 Å². The molecule has 0 spiro atoms. The molecular formula is C20H22N2O3. The normalized spacial score (nSPS) is 18.6. The van der Waals surface area contributed by atoms with Crippen molar-refractivity contribution in [2.45, 2.75) is 19.4 Å². The first-order valence-corrected chi connectivity index (χ1v) is 8.31. The van der Waals surface area contributed by atoms with E-state index < -0.39 is 0 Å². The van der Waals surface area contributed by atoms with Crippen LogP contribution in [0.4, 0.5) is 0 Å². The van der Waals surface area contributed by atoms with Crippen molar-refractivity contribution in [3.63, 3.8) is 0 Å². The van der Waals surface area contributed by atoms with E-state index in [4.69, 9.17) is 4.84 Å². The fourth-order valence-corrected chi connectivity index (χ4v) is 3.27. The summed E-state index contributed by atoms with van der Waals surface area (Å²) >= 11 is 0. The van der Waals surface area contributed by atoms with Crippen molar-refractivity contribution in [2.75, 3.05) is 20.3 Å². The van der Waals surface area contributed by atoms with Crippen LogP contribution in [0.25, 0.3) is 11.1 Å².